The molecule has 4 aliphatic rings. The van der Waals surface area contributed by atoms with E-state index in [1.54, 1.807) is 93.2 Å². The zero-order valence-corrected chi connectivity index (χ0v) is 74.6. The molecule has 0 spiro atoms. The predicted molar refractivity (Wildman–Crippen MR) is 500 cm³/mol. The summed E-state index contributed by atoms with van der Waals surface area (Å²) in [7, 11) is 0. The highest BCUT2D eigenvalue weighted by Gasteiger charge is 2.31. The summed E-state index contributed by atoms with van der Waals surface area (Å²) in [4.78, 5) is 124. The number of hydrogen-bond donors (Lipinski definition) is 1. The number of aromatic nitrogens is 8. The predicted octanol–water partition coefficient (Wildman–Crippen LogP) is 18.4. The van der Waals surface area contributed by atoms with Gasteiger partial charge in [-0.2, -0.15) is 10.5 Å². The van der Waals surface area contributed by atoms with Gasteiger partial charge < -0.3 is 28.3 Å². The first kappa shape index (κ1) is 92.4. The minimum atomic E-state index is -0.235. The highest BCUT2D eigenvalue weighted by atomic mass is 35.5. The molecule has 656 valence electrons. The number of pyridine rings is 4. The van der Waals surface area contributed by atoms with Crippen molar-refractivity contribution in [3.8, 4) is 34.9 Å². The van der Waals surface area contributed by atoms with E-state index in [1.807, 2.05) is 119 Å². The van der Waals surface area contributed by atoms with Crippen LogP contribution in [0.2, 0.25) is 5.02 Å². The monoisotopic (exact) mass is 1730 g/mol. The van der Waals surface area contributed by atoms with Crippen LogP contribution in [0.5, 0.6) is 0 Å². The molecule has 0 radical (unpaired) electrons. The Morgan fingerprint density at radius 3 is 1.07 bits per heavy atom. The lowest BCUT2D eigenvalue weighted by atomic mass is 10.1. The minimum Gasteiger partial charge on any atom is -0.466 e. The number of halogens is 1. The first-order valence-electron chi connectivity index (χ1n) is 44.3. The molecule has 0 aliphatic carbocycles. The van der Waals surface area contributed by atoms with Gasteiger partial charge in [-0.1, -0.05) is 67.6 Å². The van der Waals surface area contributed by atoms with Crippen LogP contribution in [0.25, 0.3) is 76.6 Å². The van der Waals surface area contributed by atoms with Crippen molar-refractivity contribution in [2.24, 2.45) is 0 Å². The van der Waals surface area contributed by atoms with Crippen molar-refractivity contribution in [3.05, 3.63) is 259 Å². The number of likely N-dealkylation sites (tertiary alicyclic amines) is 4. The van der Waals surface area contributed by atoms with Crippen LogP contribution in [0.1, 0.15) is 196 Å². The molecule has 0 unspecified atom stereocenters. The van der Waals surface area contributed by atoms with Gasteiger partial charge in [0.15, 0.2) is 34.5 Å². The number of carbonyl (C=O) groups excluding carboxylic acids is 7. The van der Waals surface area contributed by atoms with Crippen molar-refractivity contribution in [3.63, 3.8) is 0 Å². The Kier molecular flexibility index (Phi) is 31.6. The Morgan fingerprint density at radius 2 is 0.758 bits per heavy atom. The minimum absolute atomic E-state index is 0.0382. The maximum atomic E-state index is 13.5. The third-order valence-electron chi connectivity index (χ3n) is 24.1. The van der Waals surface area contributed by atoms with Gasteiger partial charge in [-0.05, 0) is 272 Å². The molecule has 4 aliphatic heterocycles. The molecule has 4 fully saturated rings. The summed E-state index contributed by atoms with van der Waals surface area (Å²) in [5.41, 5.74) is 20.3. The maximum Gasteiger partial charge on any atom is 0.306 e. The number of nitrogens with one attached hydrogen (secondary N) is 1. The molecule has 0 bridgehead atoms. The molecule has 26 heteroatoms. The molecule has 16 rings (SSSR count). The number of Topliss-reactive ketones (excluding diaryl/α,β-unsaturated/α-hetero) is 5. The first-order chi connectivity index (χ1) is 62.1. The molecule has 12 heterocycles. The van der Waals surface area contributed by atoms with Gasteiger partial charge in [-0.3, -0.25) is 73.1 Å². The van der Waals surface area contributed by atoms with E-state index in [1.165, 1.54) is 25.7 Å². The van der Waals surface area contributed by atoms with Gasteiger partial charge in [0.2, 0.25) is 5.91 Å². The fourth-order valence-corrected chi connectivity index (χ4v) is 18.0. The largest absolute Gasteiger partial charge is 0.466 e. The van der Waals surface area contributed by atoms with Crippen LogP contribution in [-0.2, 0) is 38.4 Å². The fraction of sp³-hybridized carbons (Fsp3) is 0.363. The molecule has 4 aromatic carbocycles. The van der Waals surface area contributed by atoms with Crippen LogP contribution < -0.4 is 5.32 Å². The first-order valence-corrected chi connectivity index (χ1v) is 44.6. The molecule has 1 amide bonds. The summed E-state index contributed by atoms with van der Waals surface area (Å²) < 4.78 is 13.1. The number of rotatable bonds is 27. The van der Waals surface area contributed by atoms with E-state index in [2.05, 4.69) is 63.3 Å². The van der Waals surface area contributed by atoms with Crippen molar-refractivity contribution in [1.82, 2.24) is 63.1 Å². The zero-order chi connectivity index (χ0) is 90.5. The average molecular weight is 1740 g/mol. The number of esters is 1. The molecule has 8 aromatic heterocycles. The van der Waals surface area contributed by atoms with E-state index in [9.17, 15) is 33.6 Å². The van der Waals surface area contributed by atoms with Gasteiger partial charge in [-0.15, -0.1) is 6.58 Å². The van der Waals surface area contributed by atoms with Crippen molar-refractivity contribution >= 4 is 108 Å². The number of piperidine rings is 4. The van der Waals surface area contributed by atoms with Crippen LogP contribution in [0.3, 0.4) is 0 Å². The Bertz CT molecular complexity index is 6290. The third-order valence-corrected chi connectivity index (χ3v) is 24.3. The molecule has 25 nitrogen and oxygen atoms in total. The van der Waals surface area contributed by atoms with Gasteiger partial charge in [0, 0.05) is 96.1 Å². The van der Waals surface area contributed by atoms with Crippen LogP contribution in [0.4, 0.5) is 11.4 Å². The highest BCUT2D eigenvalue weighted by molar-refractivity contribution is 6.31. The number of nitrogens with zero attached hydrogens (tertiary/aromatic N) is 16. The summed E-state index contributed by atoms with van der Waals surface area (Å²) in [6, 6.07) is 41.4. The third kappa shape index (κ3) is 22.2. The number of carbonyl (C=O) groups is 7. The highest BCUT2D eigenvalue weighted by Crippen LogP contribution is 2.37. The molecule has 0 atom stereocenters. The van der Waals surface area contributed by atoms with Crippen LogP contribution in [0.15, 0.2) is 159 Å². The zero-order valence-electron chi connectivity index (χ0n) is 73.9. The van der Waals surface area contributed by atoms with Crippen molar-refractivity contribution in [1.29, 1.82) is 10.5 Å². The molecular formula is C102H108ClN17O8. The summed E-state index contributed by atoms with van der Waals surface area (Å²) in [6.45, 7) is 39.3. The van der Waals surface area contributed by atoms with E-state index in [-0.39, 0.29) is 47.2 Å². The van der Waals surface area contributed by atoms with Gasteiger partial charge >= 0.3 is 5.97 Å². The van der Waals surface area contributed by atoms with E-state index in [0.29, 0.717) is 137 Å². The number of benzene rings is 4. The number of hydrogen-bond acceptors (Lipinski definition) is 18. The van der Waals surface area contributed by atoms with Gasteiger partial charge in [0.1, 0.15) is 5.78 Å². The summed E-state index contributed by atoms with van der Waals surface area (Å²) in [6.07, 6.45) is 24.4. The Hall–Kier alpha value is -13.2. The standard InChI is InChI=1S/C28H31N5O2.C27H30N4O3.C25H26N4O2.C22H21ClN4O/c1-4-14-30-26(35)13-8-21-17-24-28(31-18-21)27(25(34)19-32-15-6-5-7-16-32)20(2)33(24)23-11-9-22(29-3)10-12-23;1-4-34-25(33)13-8-20-16-23-27(29-17-20)26(24(32)18-30-14-6-5-7-15-30)19(2)31(23)22-11-9-21(28-3)10-12-22;1-17(30)12-20-13-22-25(27-15-20)24(23(31)16-28-10-4-3-5-11-28)18(2)29(22)21-8-6-19(14-26)7-9-21;1-15-21(20(28)14-26-9-3-2-4-10-26)22-19(11-17(23)13-25-22)27(15)18-7-5-16(12-24)6-8-18/h4,9-12,17-18H,1,5-8,13-16,19H2,2H3,(H,30,35);9-12,16-17H,4-8,13-15,18H2,1-2H3;6-9,13,15H,3-5,10-12,16H2,1-2H3;5-8,11,13H,2-4,9-10,14H2,1H3. The molecule has 128 heavy (non-hydrogen) atoms. The fourth-order valence-electron chi connectivity index (χ4n) is 17.9. The lowest BCUT2D eigenvalue weighted by molar-refractivity contribution is -0.143. The summed E-state index contributed by atoms with van der Waals surface area (Å²) >= 11 is 6.21. The average Bonchev–Trinajstić information content (AvgIpc) is 1.63. The van der Waals surface area contributed by atoms with Crippen molar-refractivity contribution < 1.29 is 38.3 Å². The number of fused-ring (bicyclic) bond motifs is 4. The second-order valence-electron chi connectivity index (χ2n) is 33.2. The Balaban J connectivity index is 0.000000146. The molecule has 4 saturated heterocycles. The Labute approximate surface area is 752 Å². The van der Waals surface area contributed by atoms with Crippen molar-refractivity contribution in [2.75, 3.05) is 91.7 Å². The van der Waals surface area contributed by atoms with E-state index < -0.39 is 0 Å². The van der Waals surface area contributed by atoms with Crippen molar-refractivity contribution in [2.45, 2.75) is 151 Å². The second-order valence-corrected chi connectivity index (χ2v) is 33.7. The van der Waals surface area contributed by atoms with Crippen LogP contribution >= 0.6 is 11.6 Å². The van der Waals surface area contributed by atoms with Gasteiger partial charge in [0.25, 0.3) is 0 Å². The van der Waals surface area contributed by atoms with E-state index in [4.69, 9.17) is 50.0 Å². The normalized spacial score (nSPS) is 14.3. The van der Waals surface area contributed by atoms with Crippen LogP contribution in [-0.4, -0.2) is 190 Å². The SMILES string of the molecule is CC(=O)Cc1cnc2c(C(=O)CN3CCCCC3)c(C)n(-c3ccc(C#N)cc3)c2c1.Cc1c(C(=O)CN2CCCCC2)c2ncc(Cl)cc2n1-c1ccc(C#N)cc1.[C-]#[N+]c1ccc(-n2c(C)c(C(=O)CN3CCCCC3)c3ncc(CCC(=O)NCC=C)cc32)cc1.[C-]#[N+]c1ccc(-n2c(C)c(C(=O)CN3CCCCC3)c3ncc(CCC(=O)OCC)cc32)cc1. The number of aryl methyl sites for hydroxylation is 2. The van der Waals surface area contributed by atoms with E-state index >= 15 is 0 Å². The number of ketones is 5. The molecule has 12 aromatic rings. The van der Waals surface area contributed by atoms with Gasteiger partial charge in [-0.25, -0.2) is 9.69 Å². The summed E-state index contributed by atoms with van der Waals surface area (Å²) in [5.74, 6) is 0.110. The quantitative estimate of drug-likeness (QED) is 0.0217. The summed E-state index contributed by atoms with van der Waals surface area (Å²) in [5, 5.41) is 21.5. The topological polar surface area (TPSA) is 281 Å². The number of amides is 1. The molecular weight excluding hydrogens is 1630 g/mol. The molecule has 0 saturated carbocycles. The molecule has 1 N–H and O–H groups in total. The maximum absolute atomic E-state index is 13.5. The smallest absolute Gasteiger partial charge is 0.306 e. The second kappa shape index (κ2) is 43.8. The number of nitriles is 2. The lowest BCUT2D eigenvalue weighted by Gasteiger charge is -2.25. The van der Waals surface area contributed by atoms with Gasteiger partial charge in [0.05, 0.1) is 141 Å². The van der Waals surface area contributed by atoms with Crippen LogP contribution in [0, 0.1) is 63.5 Å². The Morgan fingerprint density at radius 1 is 0.453 bits per heavy atom. The lowest BCUT2D eigenvalue weighted by Crippen LogP contribution is -2.34. The van der Waals surface area contributed by atoms with E-state index in [0.717, 1.165) is 188 Å². The number of ether oxygens (including phenoxy) is 1.